The van der Waals surface area contributed by atoms with E-state index >= 15 is 0 Å². The van der Waals surface area contributed by atoms with E-state index in [0.29, 0.717) is 47.7 Å². The Morgan fingerprint density at radius 1 is 1.03 bits per heavy atom. The Morgan fingerprint density at radius 3 is 2.43 bits per heavy atom. The predicted molar refractivity (Wildman–Crippen MR) is 121 cm³/mol. The topological polar surface area (TPSA) is 70.1 Å². The van der Waals surface area contributed by atoms with Gasteiger partial charge in [0, 0.05) is 36.0 Å². The third kappa shape index (κ3) is 4.42. The Bertz CT molecular complexity index is 1070. The lowest BCUT2D eigenvalue weighted by atomic mass is 10.2. The molecule has 30 heavy (non-hydrogen) atoms. The van der Waals surface area contributed by atoms with Crippen molar-refractivity contribution in [1.29, 1.82) is 0 Å². The quantitative estimate of drug-likeness (QED) is 0.674. The molecule has 2 aromatic carbocycles. The number of rotatable bonds is 5. The summed E-state index contributed by atoms with van der Waals surface area (Å²) in [5, 5.41) is 1.35. The second-order valence-corrected chi connectivity index (χ2v) is 10.4. The molecule has 2 aliphatic rings. The number of halogens is 1. The molecule has 158 valence electrons. The minimum absolute atomic E-state index is 0.178. The van der Waals surface area contributed by atoms with Crippen molar-refractivity contribution in [3.8, 4) is 0 Å². The molecule has 1 fully saturated rings. The zero-order valence-electron chi connectivity index (χ0n) is 16.3. The summed E-state index contributed by atoms with van der Waals surface area (Å²) in [6.07, 6.45) is 1.78. The van der Waals surface area contributed by atoms with Gasteiger partial charge in [-0.25, -0.2) is 8.42 Å². The number of amides is 1. The van der Waals surface area contributed by atoms with E-state index in [-0.39, 0.29) is 10.8 Å². The van der Waals surface area contributed by atoms with Gasteiger partial charge in [0.05, 0.1) is 11.4 Å². The van der Waals surface area contributed by atoms with Crippen molar-refractivity contribution >= 4 is 44.5 Å². The molecule has 0 unspecified atom stereocenters. The van der Waals surface area contributed by atoms with Gasteiger partial charge in [-0.2, -0.15) is 4.31 Å². The molecule has 0 atom stereocenters. The number of amidine groups is 1. The number of hydrogen-bond acceptors (Lipinski definition) is 5. The summed E-state index contributed by atoms with van der Waals surface area (Å²) in [4.78, 5) is 19.3. The van der Waals surface area contributed by atoms with Gasteiger partial charge in [-0.1, -0.05) is 41.6 Å². The lowest BCUT2D eigenvalue weighted by Crippen LogP contribution is -2.33. The summed E-state index contributed by atoms with van der Waals surface area (Å²) < 4.78 is 26.8. The first-order valence-electron chi connectivity index (χ1n) is 9.79. The van der Waals surface area contributed by atoms with Crippen LogP contribution in [0, 0.1) is 0 Å². The van der Waals surface area contributed by atoms with E-state index in [2.05, 4.69) is 4.99 Å². The van der Waals surface area contributed by atoms with Crippen LogP contribution in [0.1, 0.15) is 28.8 Å². The Kier molecular flexibility index (Phi) is 6.48. The molecule has 0 radical (unpaired) electrons. The highest BCUT2D eigenvalue weighted by Gasteiger charge is 2.29. The number of hydrogen-bond donors (Lipinski definition) is 0. The second kappa shape index (κ2) is 9.09. The first-order valence-corrected chi connectivity index (χ1v) is 12.6. The van der Waals surface area contributed by atoms with Gasteiger partial charge in [0.15, 0.2) is 5.17 Å². The molecule has 4 rings (SSSR count). The molecular weight excluding hydrogens is 442 g/mol. The molecule has 0 spiro atoms. The van der Waals surface area contributed by atoms with Crippen LogP contribution in [0.4, 0.5) is 0 Å². The van der Waals surface area contributed by atoms with Crippen molar-refractivity contribution < 1.29 is 13.2 Å². The predicted octanol–water partition coefficient (Wildman–Crippen LogP) is 3.87. The fraction of sp³-hybridized carbons (Fsp3) is 0.333. The first-order chi connectivity index (χ1) is 14.5. The van der Waals surface area contributed by atoms with E-state index in [1.54, 1.807) is 17.0 Å². The second-order valence-electron chi connectivity index (χ2n) is 7.14. The van der Waals surface area contributed by atoms with E-state index in [1.165, 1.54) is 28.2 Å². The number of benzene rings is 2. The average Bonchev–Trinajstić information content (AvgIpc) is 3.45. The van der Waals surface area contributed by atoms with Crippen LogP contribution in [-0.2, 0) is 15.8 Å². The van der Waals surface area contributed by atoms with Crippen molar-refractivity contribution in [3.05, 3.63) is 64.7 Å². The average molecular weight is 464 g/mol. The van der Waals surface area contributed by atoms with Crippen molar-refractivity contribution in [2.24, 2.45) is 4.99 Å². The first kappa shape index (κ1) is 21.4. The molecule has 0 saturated carbocycles. The van der Waals surface area contributed by atoms with Crippen LogP contribution >= 0.6 is 23.4 Å². The third-order valence-corrected chi connectivity index (χ3v) is 8.51. The standard InChI is InChI=1S/C21H22ClN3O3S2/c22-19-6-2-1-5-17(19)15-29-21-23-11-14-25(21)20(26)16-7-9-18(10-8-16)30(27,28)24-12-3-4-13-24/h1-2,5-10H,3-4,11-15H2. The summed E-state index contributed by atoms with van der Waals surface area (Å²) in [6.45, 7) is 2.17. The lowest BCUT2D eigenvalue weighted by molar-refractivity contribution is 0.0860. The van der Waals surface area contributed by atoms with E-state index in [1.807, 2.05) is 24.3 Å². The van der Waals surface area contributed by atoms with Crippen molar-refractivity contribution in [2.45, 2.75) is 23.5 Å². The molecule has 9 heteroatoms. The van der Waals surface area contributed by atoms with E-state index < -0.39 is 10.0 Å². The summed E-state index contributed by atoms with van der Waals surface area (Å²) in [7, 11) is -3.49. The molecule has 0 aliphatic carbocycles. The van der Waals surface area contributed by atoms with Crippen LogP contribution in [0.2, 0.25) is 5.02 Å². The summed E-state index contributed by atoms with van der Waals surface area (Å²) in [6, 6.07) is 13.8. The molecular formula is C21H22ClN3O3S2. The molecule has 0 N–H and O–H groups in total. The van der Waals surface area contributed by atoms with Gasteiger partial charge in [-0.05, 0) is 48.7 Å². The maximum absolute atomic E-state index is 13.0. The minimum atomic E-state index is -3.49. The van der Waals surface area contributed by atoms with Gasteiger partial charge in [-0.15, -0.1) is 0 Å². The largest absolute Gasteiger partial charge is 0.286 e. The van der Waals surface area contributed by atoms with Crippen LogP contribution in [0.5, 0.6) is 0 Å². The van der Waals surface area contributed by atoms with Crippen LogP contribution < -0.4 is 0 Å². The molecule has 2 aliphatic heterocycles. The van der Waals surface area contributed by atoms with E-state index in [9.17, 15) is 13.2 Å². The van der Waals surface area contributed by atoms with Crippen LogP contribution in [0.3, 0.4) is 0 Å². The van der Waals surface area contributed by atoms with Gasteiger partial charge in [-0.3, -0.25) is 14.7 Å². The molecule has 1 saturated heterocycles. The fourth-order valence-electron chi connectivity index (χ4n) is 3.50. The van der Waals surface area contributed by atoms with Gasteiger partial charge in [0.25, 0.3) is 5.91 Å². The van der Waals surface area contributed by atoms with Crippen LogP contribution in [-0.4, -0.2) is 54.9 Å². The Hall–Kier alpha value is -1.87. The fourth-order valence-corrected chi connectivity index (χ4v) is 6.35. The Labute approximate surface area is 186 Å². The lowest BCUT2D eigenvalue weighted by Gasteiger charge is -2.19. The molecule has 0 aromatic heterocycles. The van der Waals surface area contributed by atoms with Crippen LogP contribution in [0.25, 0.3) is 0 Å². The van der Waals surface area contributed by atoms with Gasteiger partial charge in [0.2, 0.25) is 10.0 Å². The summed E-state index contributed by atoms with van der Waals surface area (Å²) >= 11 is 7.69. The van der Waals surface area contributed by atoms with Crippen molar-refractivity contribution in [2.75, 3.05) is 26.2 Å². The highest BCUT2D eigenvalue weighted by Crippen LogP contribution is 2.26. The van der Waals surface area contributed by atoms with Gasteiger partial charge in [0.1, 0.15) is 0 Å². The maximum atomic E-state index is 13.0. The smallest absolute Gasteiger partial charge is 0.259 e. The zero-order valence-corrected chi connectivity index (χ0v) is 18.7. The third-order valence-electron chi connectivity index (χ3n) is 5.17. The monoisotopic (exact) mass is 463 g/mol. The Morgan fingerprint density at radius 2 is 1.73 bits per heavy atom. The summed E-state index contributed by atoms with van der Waals surface area (Å²) in [5.41, 5.74) is 1.44. The SMILES string of the molecule is O=C(c1ccc(S(=O)(=O)N2CCCC2)cc1)N1CCN=C1SCc1ccccc1Cl. The normalized spacial score (nSPS) is 17.4. The number of nitrogens with zero attached hydrogens (tertiary/aromatic N) is 3. The minimum Gasteiger partial charge on any atom is -0.286 e. The number of thioether (sulfide) groups is 1. The van der Waals surface area contributed by atoms with Gasteiger partial charge >= 0.3 is 0 Å². The van der Waals surface area contributed by atoms with E-state index in [4.69, 9.17) is 11.6 Å². The van der Waals surface area contributed by atoms with E-state index in [0.717, 1.165) is 18.4 Å². The molecule has 1 amide bonds. The molecule has 6 nitrogen and oxygen atoms in total. The summed E-state index contributed by atoms with van der Waals surface area (Å²) in [5.74, 6) is 0.443. The van der Waals surface area contributed by atoms with Crippen molar-refractivity contribution in [1.82, 2.24) is 9.21 Å². The molecule has 0 bridgehead atoms. The zero-order chi connectivity index (χ0) is 21.1. The number of carbonyl (C=O) groups is 1. The highest BCUT2D eigenvalue weighted by molar-refractivity contribution is 8.13. The number of aliphatic imine (C=N–C) groups is 1. The number of carbonyl (C=O) groups excluding carboxylic acids is 1. The van der Waals surface area contributed by atoms with Gasteiger partial charge < -0.3 is 0 Å². The molecule has 2 heterocycles. The Balaban J connectivity index is 1.44. The van der Waals surface area contributed by atoms with Crippen molar-refractivity contribution in [3.63, 3.8) is 0 Å². The maximum Gasteiger partial charge on any atom is 0.259 e. The number of sulfonamides is 1. The molecule has 2 aromatic rings. The highest BCUT2D eigenvalue weighted by atomic mass is 35.5. The van der Waals surface area contributed by atoms with Crippen LogP contribution in [0.15, 0.2) is 58.4 Å².